The van der Waals surface area contributed by atoms with Gasteiger partial charge in [0.25, 0.3) is 10.0 Å². The zero-order valence-corrected chi connectivity index (χ0v) is 14.6. The summed E-state index contributed by atoms with van der Waals surface area (Å²) in [5.41, 5.74) is 1.65. The molecule has 0 amide bonds. The number of carboxylic acid groups (broad SMARTS) is 1. The van der Waals surface area contributed by atoms with Gasteiger partial charge in [0.1, 0.15) is 5.75 Å². The second kappa shape index (κ2) is 7.11. The first-order valence-corrected chi connectivity index (χ1v) is 8.79. The minimum atomic E-state index is -3.80. The third kappa shape index (κ3) is 4.39. The molecule has 2 aromatic rings. The van der Waals surface area contributed by atoms with Gasteiger partial charge in [-0.3, -0.25) is 4.72 Å². The molecule has 0 bridgehead atoms. The topological polar surface area (TPSA) is 92.7 Å². The quantitative estimate of drug-likeness (QED) is 0.815. The van der Waals surface area contributed by atoms with Gasteiger partial charge < -0.3 is 9.84 Å². The van der Waals surface area contributed by atoms with Crippen molar-refractivity contribution in [1.29, 1.82) is 0 Å². The van der Waals surface area contributed by atoms with E-state index in [-0.39, 0.29) is 4.90 Å². The van der Waals surface area contributed by atoms with Crippen LogP contribution < -0.4 is 9.46 Å². The molecule has 0 aromatic heterocycles. The molecule has 0 aliphatic carbocycles. The number of aliphatic carboxylic acids is 1. The summed E-state index contributed by atoms with van der Waals surface area (Å²) in [6, 6.07) is 9.12. The second-order valence-corrected chi connectivity index (χ2v) is 7.29. The Hall–Kier alpha value is -2.25. The minimum Gasteiger partial charge on any atom is -0.482 e. The number of aryl methyl sites for hydroxylation is 2. The van der Waals surface area contributed by atoms with E-state index >= 15 is 0 Å². The molecule has 2 rings (SSSR count). The van der Waals surface area contributed by atoms with Gasteiger partial charge in [-0.25, -0.2) is 13.2 Å². The molecule has 24 heavy (non-hydrogen) atoms. The monoisotopic (exact) mass is 369 g/mol. The predicted octanol–water partition coefficient (Wildman–Crippen LogP) is 3.22. The Morgan fingerprint density at radius 2 is 1.88 bits per heavy atom. The lowest BCUT2D eigenvalue weighted by Crippen LogP contribution is -2.14. The predicted molar refractivity (Wildman–Crippen MR) is 91.3 cm³/mol. The number of nitrogens with one attached hydrogen (secondary N) is 1. The van der Waals surface area contributed by atoms with Crippen LogP contribution >= 0.6 is 11.6 Å². The number of hydrogen-bond donors (Lipinski definition) is 2. The van der Waals surface area contributed by atoms with E-state index < -0.39 is 22.6 Å². The Kier molecular flexibility index (Phi) is 5.36. The van der Waals surface area contributed by atoms with Crippen molar-refractivity contribution in [3.05, 3.63) is 52.5 Å². The minimum absolute atomic E-state index is 0.0436. The van der Waals surface area contributed by atoms with Gasteiger partial charge in [0.05, 0.1) is 10.6 Å². The highest BCUT2D eigenvalue weighted by Gasteiger charge is 2.17. The Labute approximate surface area is 145 Å². The Balaban J connectivity index is 2.27. The molecule has 0 aliphatic heterocycles. The van der Waals surface area contributed by atoms with Gasteiger partial charge in [-0.15, -0.1) is 0 Å². The van der Waals surface area contributed by atoms with Crippen LogP contribution in [0.4, 0.5) is 5.69 Å². The number of benzene rings is 2. The van der Waals surface area contributed by atoms with E-state index in [1.807, 2.05) is 0 Å². The van der Waals surface area contributed by atoms with Crippen LogP contribution in [0.3, 0.4) is 0 Å². The fourth-order valence-electron chi connectivity index (χ4n) is 2.00. The molecule has 0 fully saturated rings. The summed E-state index contributed by atoms with van der Waals surface area (Å²) < 4.78 is 32.6. The number of rotatable bonds is 6. The zero-order valence-electron chi connectivity index (χ0n) is 13.0. The highest BCUT2D eigenvalue weighted by Crippen LogP contribution is 2.26. The third-order valence-electron chi connectivity index (χ3n) is 3.25. The van der Waals surface area contributed by atoms with Crippen molar-refractivity contribution in [2.24, 2.45) is 0 Å². The van der Waals surface area contributed by atoms with Crippen molar-refractivity contribution in [3.63, 3.8) is 0 Å². The molecule has 8 heteroatoms. The van der Waals surface area contributed by atoms with Crippen LogP contribution in [0.2, 0.25) is 5.02 Å². The van der Waals surface area contributed by atoms with E-state index in [4.69, 9.17) is 21.4 Å². The summed E-state index contributed by atoms with van der Waals surface area (Å²) >= 11 is 5.90. The summed E-state index contributed by atoms with van der Waals surface area (Å²) in [6.45, 7) is 2.91. The maximum atomic E-state index is 12.5. The zero-order chi connectivity index (χ0) is 17.9. The van der Waals surface area contributed by atoms with Crippen LogP contribution in [-0.2, 0) is 14.8 Å². The molecule has 128 valence electrons. The van der Waals surface area contributed by atoms with E-state index in [1.54, 1.807) is 26.0 Å². The molecule has 2 N–H and O–H groups in total. The van der Waals surface area contributed by atoms with E-state index in [9.17, 15) is 13.2 Å². The number of hydrogen-bond acceptors (Lipinski definition) is 4. The molecular formula is C16H16ClNO5S. The molecule has 0 atom stereocenters. The van der Waals surface area contributed by atoms with Crippen LogP contribution in [0.25, 0.3) is 0 Å². The molecule has 0 aliphatic rings. The average molecular weight is 370 g/mol. The van der Waals surface area contributed by atoms with Crippen molar-refractivity contribution in [2.45, 2.75) is 18.7 Å². The second-order valence-electron chi connectivity index (χ2n) is 5.17. The van der Waals surface area contributed by atoms with Gasteiger partial charge in [0, 0.05) is 5.02 Å². The van der Waals surface area contributed by atoms with Gasteiger partial charge >= 0.3 is 5.97 Å². The van der Waals surface area contributed by atoms with Crippen LogP contribution in [0.15, 0.2) is 41.3 Å². The van der Waals surface area contributed by atoms with Gasteiger partial charge in [-0.2, -0.15) is 0 Å². The smallest absolute Gasteiger partial charge is 0.341 e. The Morgan fingerprint density at radius 1 is 1.17 bits per heavy atom. The normalized spacial score (nSPS) is 11.1. The van der Waals surface area contributed by atoms with Crippen LogP contribution in [0, 0.1) is 13.8 Å². The van der Waals surface area contributed by atoms with Crippen LogP contribution in [-0.4, -0.2) is 26.1 Å². The summed E-state index contributed by atoms with van der Waals surface area (Å²) in [4.78, 5) is 10.6. The summed E-state index contributed by atoms with van der Waals surface area (Å²) in [6.07, 6.45) is 0. The number of anilines is 1. The molecule has 0 heterocycles. The highest BCUT2D eigenvalue weighted by molar-refractivity contribution is 7.92. The summed E-state index contributed by atoms with van der Waals surface area (Å²) in [5, 5.41) is 9.04. The van der Waals surface area contributed by atoms with Crippen LogP contribution in [0.5, 0.6) is 5.75 Å². The SMILES string of the molecule is Cc1ccc(Cl)cc1NS(=O)(=O)c1ccc(OCC(=O)O)c(C)c1. The van der Waals surface area contributed by atoms with Crippen molar-refractivity contribution in [2.75, 3.05) is 11.3 Å². The third-order valence-corrected chi connectivity index (χ3v) is 4.85. The largest absolute Gasteiger partial charge is 0.482 e. The van der Waals surface area contributed by atoms with Crippen LogP contribution in [0.1, 0.15) is 11.1 Å². The number of carboxylic acids is 1. The molecule has 0 unspecified atom stereocenters. The fourth-order valence-corrected chi connectivity index (χ4v) is 3.38. The average Bonchev–Trinajstić information content (AvgIpc) is 2.49. The number of carbonyl (C=O) groups is 1. The first-order valence-electron chi connectivity index (χ1n) is 6.93. The van der Waals surface area contributed by atoms with Crippen molar-refractivity contribution < 1.29 is 23.1 Å². The maximum absolute atomic E-state index is 12.5. The molecule has 0 saturated heterocycles. The van der Waals surface area contributed by atoms with Crippen molar-refractivity contribution in [3.8, 4) is 5.75 Å². The number of sulfonamides is 1. The van der Waals surface area contributed by atoms with Crippen molar-refractivity contribution in [1.82, 2.24) is 0 Å². The van der Waals surface area contributed by atoms with E-state index in [1.165, 1.54) is 24.3 Å². The Morgan fingerprint density at radius 3 is 2.50 bits per heavy atom. The molecule has 0 saturated carbocycles. The molecule has 2 aromatic carbocycles. The molecule has 6 nitrogen and oxygen atoms in total. The fraction of sp³-hybridized carbons (Fsp3) is 0.188. The molecular weight excluding hydrogens is 354 g/mol. The highest BCUT2D eigenvalue weighted by atomic mass is 35.5. The Bertz CT molecular complexity index is 880. The van der Waals surface area contributed by atoms with Gasteiger partial charge in [-0.1, -0.05) is 17.7 Å². The van der Waals surface area contributed by atoms with E-state index in [0.29, 0.717) is 22.0 Å². The first-order chi connectivity index (χ1) is 11.2. The lowest BCUT2D eigenvalue weighted by atomic mass is 10.2. The molecule has 0 radical (unpaired) electrons. The molecule has 0 spiro atoms. The number of halogens is 1. The van der Waals surface area contributed by atoms with Gasteiger partial charge in [-0.05, 0) is 55.3 Å². The summed E-state index contributed by atoms with van der Waals surface area (Å²) in [5.74, 6) is -0.792. The first kappa shape index (κ1) is 18.1. The van der Waals surface area contributed by atoms with Crippen molar-refractivity contribution >= 4 is 33.3 Å². The van der Waals surface area contributed by atoms with E-state index in [2.05, 4.69) is 4.72 Å². The van der Waals surface area contributed by atoms with Gasteiger partial charge in [0.15, 0.2) is 6.61 Å². The van der Waals surface area contributed by atoms with E-state index in [0.717, 1.165) is 5.56 Å². The van der Waals surface area contributed by atoms with Gasteiger partial charge in [0.2, 0.25) is 0 Å². The maximum Gasteiger partial charge on any atom is 0.341 e. The standard InChI is InChI=1S/C16H16ClNO5S/c1-10-3-4-12(17)8-14(10)18-24(21,22)13-5-6-15(11(2)7-13)23-9-16(19)20/h3-8,18H,9H2,1-2H3,(H,19,20). The lowest BCUT2D eigenvalue weighted by Gasteiger charge is -2.13. The lowest BCUT2D eigenvalue weighted by molar-refractivity contribution is -0.139. The number of ether oxygens (including phenoxy) is 1. The summed E-state index contributed by atoms with van der Waals surface area (Å²) in [7, 11) is -3.80.